The Labute approximate surface area is 123 Å². The maximum atomic E-state index is 12.2. The van der Waals surface area contributed by atoms with Crippen molar-refractivity contribution < 1.29 is 4.79 Å². The Hall–Kier alpha value is -1.88. The van der Waals surface area contributed by atoms with Gasteiger partial charge in [0.05, 0.1) is 5.01 Å². The van der Waals surface area contributed by atoms with Crippen molar-refractivity contribution >= 4 is 22.9 Å². The molecule has 1 amide bonds. The van der Waals surface area contributed by atoms with Crippen LogP contribution in [-0.4, -0.2) is 17.4 Å². The summed E-state index contributed by atoms with van der Waals surface area (Å²) in [6.07, 6.45) is 1.78. The van der Waals surface area contributed by atoms with Crippen molar-refractivity contribution in [2.45, 2.75) is 26.7 Å². The van der Waals surface area contributed by atoms with E-state index in [0.29, 0.717) is 17.8 Å². The molecular formula is C15H19N3OS. The molecule has 2 rings (SSSR count). The average Bonchev–Trinajstić information content (AvgIpc) is 2.94. The topological polar surface area (TPSA) is 68.0 Å². The largest absolute Gasteiger partial charge is 0.398 e. The van der Waals surface area contributed by atoms with Gasteiger partial charge in [0.15, 0.2) is 0 Å². The number of nitrogens with zero attached hydrogens (tertiary/aromatic N) is 1. The maximum Gasteiger partial charge on any atom is 0.251 e. The standard InChI is InChI=1S/C15H19N3OS/c1-9-6-10(2)13(16)7-12(9)14(19)18-8-11(3)15-17-4-5-20-15/h4-7,11H,8,16H2,1-3H3,(H,18,19). The van der Waals surface area contributed by atoms with Gasteiger partial charge in [-0.3, -0.25) is 4.79 Å². The van der Waals surface area contributed by atoms with E-state index in [1.807, 2.05) is 25.3 Å². The number of carbonyl (C=O) groups excluding carboxylic acids is 1. The smallest absolute Gasteiger partial charge is 0.251 e. The van der Waals surface area contributed by atoms with Crippen molar-refractivity contribution in [3.05, 3.63) is 45.4 Å². The molecule has 0 saturated heterocycles. The van der Waals surface area contributed by atoms with E-state index in [9.17, 15) is 4.79 Å². The van der Waals surface area contributed by atoms with Crippen LogP contribution >= 0.6 is 11.3 Å². The van der Waals surface area contributed by atoms with Crippen molar-refractivity contribution in [2.24, 2.45) is 0 Å². The second kappa shape index (κ2) is 6.05. The van der Waals surface area contributed by atoms with Gasteiger partial charge in [-0.25, -0.2) is 4.98 Å². The van der Waals surface area contributed by atoms with Crippen LogP contribution < -0.4 is 11.1 Å². The van der Waals surface area contributed by atoms with Crippen LogP contribution in [0.25, 0.3) is 0 Å². The van der Waals surface area contributed by atoms with E-state index >= 15 is 0 Å². The number of aromatic nitrogens is 1. The lowest BCUT2D eigenvalue weighted by Crippen LogP contribution is -2.28. The van der Waals surface area contributed by atoms with Crippen LogP contribution in [-0.2, 0) is 0 Å². The number of hydrogen-bond acceptors (Lipinski definition) is 4. The maximum absolute atomic E-state index is 12.2. The third kappa shape index (κ3) is 3.17. The predicted molar refractivity (Wildman–Crippen MR) is 83.2 cm³/mol. The van der Waals surface area contributed by atoms with Gasteiger partial charge in [0.2, 0.25) is 0 Å². The van der Waals surface area contributed by atoms with E-state index in [1.54, 1.807) is 23.6 Å². The van der Waals surface area contributed by atoms with Gasteiger partial charge >= 0.3 is 0 Å². The third-order valence-electron chi connectivity index (χ3n) is 3.30. The first-order valence-electron chi connectivity index (χ1n) is 6.53. The summed E-state index contributed by atoms with van der Waals surface area (Å²) in [5.74, 6) is 0.125. The van der Waals surface area contributed by atoms with Gasteiger partial charge < -0.3 is 11.1 Å². The van der Waals surface area contributed by atoms with E-state index < -0.39 is 0 Å². The quantitative estimate of drug-likeness (QED) is 0.850. The highest BCUT2D eigenvalue weighted by Gasteiger charge is 2.13. The van der Waals surface area contributed by atoms with Crippen molar-refractivity contribution in [2.75, 3.05) is 12.3 Å². The molecule has 1 unspecified atom stereocenters. The van der Waals surface area contributed by atoms with Crippen LogP contribution in [0.3, 0.4) is 0 Å². The molecule has 0 aliphatic heterocycles. The van der Waals surface area contributed by atoms with Gasteiger partial charge in [0, 0.05) is 35.3 Å². The number of nitrogens with two attached hydrogens (primary N) is 1. The van der Waals surface area contributed by atoms with Crippen LogP contribution in [0.1, 0.15) is 39.3 Å². The van der Waals surface area contributed by atoms with E-state index in [4.69, 9.17) is 5.73 Å². The summed E-state index contributed by atoms with van der Waals surface area (Å²) in [6, 6.07) is 3.68. The molecule has 106 valence electrons. The van der Waals surface area contributed by atoms with Crippen molar-refractivity contribution in [1.82, 2.24) is 10.3 Å². The molecule has 0 bridgehead atoms. The van der Waals surface area contributed by atoms with Gasteiger partial charge in [-0.15, -0.1) is 11.3 Å². The zero-order chi connectivity index (χ0) is 14.7. The number of aryl methyl sites for hydroxylation is 2. The number of anilines is 1. The van der Waals surface area contributed by atoms with E-state index in [1.165, 1.54) is 0 Å². The highest BCUT2D eigenvalue weighted by Crippen LogP contribution is 2.19. The number of nitrogens with one attached hydrogen (secondary N) is 1. The first-order valence-corrected chi connectivity index (χ1v) is 7.41. The van der Waals surface area contributed by atoms with Crippen LogP contribution in [0.5, 0.6) is 0 Å². The molecule has 5 heteroatoms. The molecule has 1 aromatic carbocycles. The molecule has 0 radical (unpaired) electrons. The molecule has 1 heterocycles. The number of nitrogen functional groups attached to an aromatic ring is 1. The number of rotatable bonds is 4. The second-order valence-electron chi connectivity index (χ2n) is 5.01. The Morgan fingerprint density at radius 1 is 1.40 bits per heavy atom. The first-order chi connectivity index (χ1) is 9.49. The summed E-state index contributed by atoms with van der Waals surface area (Å²) in [5.41, 5.74) is 9.09. The van der Waals surface area contributed by atoms with Gasteiger partial charge in [-0.05, 0) is 31.0 Å². The predicted octanol–water partition coefficient (Wildman–Crippen LogP) is 2.88. The van der Waals surface area contributed by atoms with Gasteiger partial charge in [0.25, 0.3) is 5.91 Å². The number of carbonyl (C=O) groups is 1. The third-order valence-corrected chi connectivity index (χ3v) is 4.31. The molecule has 1 aromatic heterocycles. The normalized spacial score (nSPS) is 12.2. The molecule has 0 saturated carbocycles. The van der Waals surface area contributed by atoms with E-state index in [-0.39, 0.29) is 11.8 Å². The lowest BCUT2D eigenvalue weighted by molar-refractivity contribution is 0.0951. The molecule has 0 spiro atoms. The van der Waals surface area contributed by atoms with Crippen LogP contribution in [0.15, 0.2) is 23.7 Å². The zero-order valence-electron chi connectivity index (χ0n) is 11.9. The minimum absolute atomic E-state index is 0.0855. The summed E-state index contributed by atoms with van der Waals surface area (Å²) >= 11 is 1.60. The fraction of sp³-hybridized carbons (Fsp3) is 0.333. The first kappa shape index (κ1) is 14.5. The fourth-order valence-corrected chi connectivity index (χ4v) is 2.72. The molecule has 0 aliphatic carbocycles. The molecule has 0 fully saturated rings. The Morgan fingerprint density at radius 2 is 2.15 bits per heavy atom. The summed E-state index contributed by atoms with van der Waals surface area (Å²) in [4.78, 5) is 16.5. The summed E-state index contributed by atoms with van der Waals surface area (Å²) < 4.78 is 0. The second-order valence-corrected chi connectivity index (χ2v) is 5.93. The minimum atomic E-state index is -0.0855. The SMILES string of the molecule is Cc1cc(C)c(C(=O)NCC(C)c2nccs2)cc1N. The Balaban J connectivity index is 2.04. The number of hydrogen-bond donors (Lipinski definition) is 2. The van der Waals surface area contributed by atoms with Crippen molar-refractivity contribution in [3.8, 4) is 0 Å². The monoisotopic (exact) mass is 289 g/mol. The summed E-state index contributed by atoms with van der Waals surface area (Å²) in [7, 11) is 0. The highest BCUT2D eigenvalue weighted by atomic mass is 32.1. The highest BCUT2D eigenvalue weighted by molar-refractivity contribution is 7.09. The van der Waals surface area contributed by atoms with Gasteiger partial charge in [-0.2, -0.15) is 0 Å². The van der Waals surface area contributed by atoms with Gasteiger partial charge in [0.1, 0.15) is 0 Å². The molecule has 20 heavy (non-hydrogen) atoms. The molecule has 4 nitrogen and oxygen atoms in total. The Morgan fingerprint density at radius 3 is 2.80 bits per heavy atom. The average molecular weight is 289 g/mol. The van der Waals surface area contributed by atoms with Crippen LogP contribution in [0.4, 0.5) is 5.69 Å². The molecule has 0 aliphatic rings. The van der Waals surface area contributed by atoms with Crippen molar-refractivity contribution in [1.29, 1.82) is 0 Å². The van der Waals surface area contributed by atoms with Crippen molar-refractivity contribution in [3.63, 3.8) is 0 Å². The van der Waals surface area contributed by atoms with Gasteiger partial charge in [-0.1, -0.05) is 13.0 Å². The molecule has 1 atom stereocenters. The van der Waals surface area contributed by atoms with Crippen LogP contribution in [0.2, 0.25) is 0 Å². The number of benzene rings is 1. The fourth-order valence-electron chi connectivity index (χ4n) is 2.02. The molecule has 2 aromatic rings. The lowest BCUT2D eigenvalue weighted by Gasteiger charge is -2.13. The number of amides is 1. The Kier molecular flexibility index (Phi) is 4.39. The molecule has 3 N–H and O–H groups in total. The number of thiazole rings is 1. The molecular weight excluding hydrogens is 270 g/mol. The summed E-state index contributed by atoms with van der Waals surface area (Å²) in [5, 5.41) is 5.92. The minimum Gasteiger partial charge on any atom is -0.398 e. The van der Waals surface area contributed by atoms with E-state index in [2.05, 4.69) is 17.2 Å². The van der Waals surface area contributed by atoms with Crippen LogP contribution in [0, 0.1) is 13.8 Å². The lowest BCUT2D eigenvalue weighted by atomic mass is 10.0. The Bertz CT molecular complexity index is 608. The summed E-state index contributed by atoms with van der Waals surface area (Å²) in [6.45, 7) is 6.48. The zero-order valence-corrected chi connectivity index (χ0v) is 12.8. The van der Waals surface area contributed by atoms with E-state index in [0.717, 1.165) is 16.1 Å².